The van der Waals surface area contributed by atoms with Crippen molar-refractivity contribution in [1.29, 1.82) is 0 Å². The summed E-state index contributed by atoms with van der Waals surface area (Å²) in [5.74, 6) is 0.989. The Kier molecular flexibility index (Phi) is 9.85. The Balaban J connectivity index is 0.993. The van der Waals surface area contributed by atoms with E-state index in [1.54, 1.807) is 0 Å². The predicted molar refractivity (Wildman–Crippen MR) is 283 cm³/mol. The van der Waals surface area contributed by atoms with Crippen LogP contribution in [0.1, 0.15) is 96.4 Å². The van der Waals surface area contributed by atoms with Crippen LogP contribution in [0.4, 0.5) is 0 Å². The van der Waals surface area contributed by atoms with Gasteiger partial charge in [-0.05, 0) is 157 Å². The fourth-order valence-corrected chi connectivity index (χ4v) is 13.3. The van der Waals surface area contributed by atoms with Crippen molar-refractivity contribution in [1.82, 2.24) is 0 Å². The number of aryl methyl sites for hydroxylation is 1. The second-order valence-corrected chi connectivity index (χ2v) is 20.5. The van der Waals surface area contributed by atoms with Gasteiger partial charge < -0.3 is 0 Å². The first kappa shape index (κ1) is 40.7. The number of hydrogen-bond donors (Lipinski definition) is 0. The molecule has 0 fully saturated rings. The summed E-state index contributed by atoms with van der Waals surface area (Å²) in [4.78, 5) is 0. The van der Waals surface area contributed by atoms with Gasteiger partial charge in [0.15, 0.2) is 0 Å². The van der Waals surface area contributed by atoms with E-state index in [0.29, 0.717) is 11.8 Å². The van der Waals surface area contributed by atoms with Crippen molar-refractivity contribution in [3.05, 3.63) is 239 Å². The summed E-state index contributed by atoms with van der Waals surface area (Å²) in [6.07, 6.45) is 2.02. The number of fused-ring (bicyclic) bond motifs is 9. The molecule has 0 bridgehead atoms. The van der Waals surface area contributed by atoms with Crippen molar-refractivity contribution in [2.24, 2.45) is 0 Å². The van der Waals surface area contributed by atoms with Crippen LogP contribution in [0.5, 0.6) is 0 Å². The number of hydrogen-bond acceptors (Lipinski definition) is 1. The molecule has 2 aliphatic carbocycles. The SMILES string of the molecule is CCC(c1cc(-c2cccc3c2-c2ccccc2C3(C)C)c2sc3ccccc3c2c1)c1ccccc1-c1cc(-c2ccc3c(c2)-c2ccccc2CC(c2ccccc2)C3C)ccc1C. The molecule has 0 amide bonds. The van der Waals surface area contributed by atoms with E-state index >= 15 is 0 Å². The van der Waals surface area contributed by atoms with Crippen molar-refractivity contribution in [2.45, 2.75) is 70.6 Å². The smallest absolute Gasteiger partial charge is 0.0434 e. The van der Waals surface area contributed by atoms with Gasteiger partial charge in [0, 0.05) is 37.1 Å². The highest BCUT2D eigenvalue weighted by molar-refractivity contribution is 7.26. The fourth-order valence-electron chi connectivity index (χ4n) is 12.1. The normalized spacial score (nSPS) is 16.3. The predicted octanol–water partition coefficient (Wildman–Crippen LogP) is 18.3. The molecule has 0 nitrogen and oxygen atoms in total. The molecule has 10 aromatic rings. The van der Waals surface area contributed by atoms with Gasteiger partial charge in [-0.15, -0.1) is 11.3 Å². The van der Waals surface area contributed by atoms with Crippen LogP contribution in [0.25, 0.3) is 75.8 Å². The monoisotopic (exact) mass is 866 g/mol. The molecule has 3 atom stereocenters. The van der Waals surface area contributed by atoms with E-state index in [-0.39, 0.29) is 11.3 Å². The average Bonchev–Trinajstić information content (AvgIpc) is 3.81. The van der Waals surface area contributed by atoms with Gasteiger partial charge in [-0.1, -0.05) is 191 Å². The number of rotatable bonds is 7. The Morgan fingerprint density at radius 1 is 0.545 bits per heavy atom. The summed E-state index contributed by atoms with van der Waals surface area (Å²) in [6.45, 7) is 11.9. The highest BCUT2D eigenvalue weighted by Gasteiger charge is 2.37. The molecule has 0 spiro atoms. The van der Waals surface area contributed by atoms with Crippen molar-refractivity contribution in [3.63, 3.8) is 0 Å². The third-order valence-electron chi connectivity index (χ3n) is 15.5. The van der Waals surface area contributed by atoms with E-state index in [9.17, 15) is 0 Å². The minimum absolute atomic E-state index is 0.0666. The van der Waals surface area contributed by atoms with Crippen LogP contribution in [0.15, 0.2) is 194 Å². The maximum atomic E-state index is 2.56. The summed E-state index contributed by atoms with van der Waals surface area (Å²) < 4.78 is 2.71. The van der Waals surface area contributed by atoms with Crippen LogP contribution in [0.2, 0.25) is 0 Å². The van der Waals surface area contributed by atoms with Crippen LogP contribution < -0.4 is 0 Å². The van der Waals surface area contributed by atoms with Gasteiger partial charge >= 0.3 is 0 Å². The molecule has 1 heteroatoms. The minimum Gasteiger partial charge on any atom is -0.135 e. The van der Waals surface area contributed by atoms with Gasteiger partial charge in [0.1, 0.15) is 0 Å². The van der Waals surface area contributed by atoms with E-state index in [4.69, 9.17) is 0 Å². The van der Waals surface area contributed by atoms with Gasteiger partial charge in [0.05, 0.1) is 0 Å². The highest BCUT2D eigenvalue weighted by atomic mass is 32.1. The van der Waals surface area contributed by atoms with Crippen LogP contribution >= 0.6 is 11.3 Å². The third-order valence-corrected chi connectivity index (χ3v) is 16.7. The quantitative estimate of drug-likeness (QED) is 0.150. The van der Waals surface area contributed by atoms with E-state index in [1.165, 1.54) is 120 Å². The molecular weight excluding hydrogens is 813 g/mol. The zero-order chi connectivity index (χ0) is 44.7. The minimum atomic E-state index is -0.0666. The lowest BCUT2D eigenvalue weighted by molar-refractivity contribution is 0.579. The Morgan fingerprint density at radius 2 is 1.21 bits per heavy atom. The van der Waals surface area contributed by atoms with Gasteiger partial charge in [-0.2, -0.15) is 0 Å². The first-order chi connectivity index (χ1) is 32.3. The zero-order valence-corrected chi connectivity index (χ0v) is 39.3. The maximum Gasteiger partial charge on any atom is 0.0434 e. The molecule has 3 unspecified atom stereocenters. The molecule has 12 rings (SSSR count). The Bertz CT molecular complexity index is 3510. The number of benzene rings is 9. The number of thiophene rings is 1. The molecule has 0 saturated heterocycles. The lowest BCUT2D eigenvalue weighted by Crippen LogP contribution is -2.14. The Morgan fingerprint density at radius 3 is 2.05 bits per heavy atom. The topological polar surface area (TPSA) is 0 Å². The molecule has 0 N–H and O–H groups in total. The second kappa shape index (κ2) is 16.0. The third kappa shape index (κ3) is 6.46. The average molecular weight is 867 g/mol. The zero-order valence-electron chi connectivity index (χ0n) is 38.5. The van der Waals surface area contributed by atoms with Gasteiger partial charge in [0.2, 0.25) is 0 Å². The first-order valence-electron chi connectivity index (χ1n) is 23.9. The van der Waals surface area contributed by atoms with Crippen molar-refractivity contribution in [3.8, 4) is 55.6 Å². The van der Waals surface area contributed by atoms with Crippen molar-refractivity contribution >= 4 is 31.5 Å². The summed E-state index contributed by atoms with van der Waals surface area (Å²) in [5, 5.41) is 2.70. The van der Waals surface area contributed by atoms with Gasteiger partial charge in [-0.25, -0.2) is 0 Å². The van der Waals surface area contributed by atoms with Crippen LogP contribution in [0.3, 0.4) is 0 Å². The van der Waals surface area contributed by atoms with Crippen LogP contribution in [0, 0.1) is 6.92 Å². The van der Waals surface area contributed by atoms with Crippen LogP contribution in [-0.4, -0.2) is 0 Å². The Labute approximate surface area is 394 Å². The maximum absolute atomic E-state index is 2.56. The van der Waals surface area contributed by atoms with Gasteiger partial charge in [0.25, 0.3) is 0 Å². The van der Waals surface area contributed by atoms with Crippen LogP contribution in [-0.2, 0) is 11.8 Å². The first-order valence-corrected chi connectivity index (χ1v) is 24.8. The molecule has 1 aromatic heterocycles. The molecule has 9 aromatic carbocycles. The molecule has 0 aliphatic heterocycles. The molecule has 1 heterocycles. The summed E-state index contributed by atoms with van der Waals surface area (Å²) in [7, 11) is 0. The molecule has 320 valence electrons. The standard InChI is InChI=1S/C65H54S/c1-6-47(46-38-58-52-25-15-17-30-62(52)66-64(58)59(39-46)53-27-18-29-61-63(53)54-26-14-16-28-60(54)65(61,4)5)50-23-12-13-24-51(50)55-35-43(32-31-40(55)2)44-33-34-48-41(3)56(42-19-8-7-9-20-42)37-45-21-10-11-22-49(45)57(48)36-44/h7-36,38-39,41,47,56H,6,37H2,1-5H3. The molecule has 0 radical (unpaired) electrons. The highest BCUT2D eigenvalue weighted by Crippen LogP contribution is 2.54. The largest absolute Gasteiger partial charge is 0.135 e. The molecular formula is C65H54S. The second-order valence-electron chi connectivity index (χ2n) is 19.5. The van der Waals surface area contributed by atoms with Crippen molar-refractivity contribution in [2.75, 3.05) is 0 Å². The summed E-state index contributed by atoms with van der Waals surface area (Å²) >= 11 is 1.94. The van der Waals surface area contributed by atoms with Crippen molar-refractivity contribution < 1.29 is 0 Å². The lowest BCUT2D eigenvalue weighted by atomic mass is 9.79. The molecule has 2 aliphatic rings. The molecule has 0 saturated carbocycles. The Hall–Kier alpha value is -6.80. The lowest BCUT2D eigenvalue weighted by Gasteiger charge is -2.24. The summed E-state index contributed by atoms with van der Waals surface area (Å²) in [6, 6.07) is 74.1. The van der Waals surface area contributed by atoms with E-state index < -0.39 is 0 Å². The van der Waals surface area contributed by atoms with E-state index in [1.807, 2.05) is 11.3 Å². The summed E-state index contributed by atoms with van der Waals surface area (Å²) in [5.41, 5.74) is 24.4. The van der Waals surface area contributed by atoms with Gasteiger partial charge in [-0.3, -0.25) is 0 Å². The van der Waals surface area contributed by atoms with E-state index in [2.05, 4.69) is 229 Å². The van der Waals surface area contributed by atoms with E-state index in [0.717, 1.165) is 12.8 Å². The fraction of sp³-hybridized carbons (Fsp3) is 0.169. The molecule has 66 heavy (non-hydrogen) atoms.